The summed E-state index contributed by atoms with van der Waals surface area (Å²) in [6.07, 6.45) is 6.71. The number of nitrogens with one attached hydrogen (secondary N) is 2. The zero-order chi connectivity index (χ0) is 21.1. The molecule has 0 fully saturated rings. The predicted octanol–water partition coefficient (Wildman–Crippen LogP) is 3.16. The molecule has 0 aliphatic carbocycles. The number of ether oxygens (including phenoxy) is 1. The van der Waals surface area contributed by atoms with Crippen molar-refractivity contribution in [2.45, 2.75) is 45.5 Å². The highest BCUT2D eigenvalue weighted by atomic mass is 32.2. The van der Waals surface area contributed by atoms with Gasteiger partial charge in [0.1, 0.15) is 0 Å². The number of amides is 2. The molecule has 0 radical (unpaired) electrons. The first-order chi connectivity index (χ1) is 14.0. The summed E-state index contributed by atoms with van der Waals surface area (Å²) in [5.74, 6) is 0.915. The Labute approximate surface area is 177 Å². The van der Waals surface area contributed by atoms with Crippen molar-refractivity contribution in [3.8, 4) is 0 Å². The molecule has 29 heavy (non-hydrogen) atoms. The summed E-state index contributed by atoms with van der Waals surface area (Å²) < 4.78 is 6.96. The molecule has 0 aliphatic rings. The predicted molar refractivity (Wildman–Crippen MR) is 116 cm³/mol. The van der Waals surface area contributed by atoms with Gasteiger partial charge in [0.2, 0.25) is 0 Å². The van der Waals surface area contributed by atoms with E-state index < -0.39 is 6.09 Å². The number of benzene rings is 1. The van der Waals surface area contributed by atoms with E-state index in [-0.39, 0.29) is 24.7 Å². The lowest BCUT2D eigenvalue weighted by Crippen LogP contribution is -2.41. The summed E-state index contributed by atoms with van der Waals surface area (Å²) in [7, 11) is 0. The van der Waals surface area contributed by atoms with Gasteiger partial charge in [0.25, 0.3) is 12.6 Å². The molecule has 0 aliphatic heterocycles. The van der Waals surface area contributed by atoms with Gasteiger partial charge in [-0.05, 0) is 44.3 Å². The van der Waals surface area contributed by atoms with Crippen LogP contribution in [0.15, 0.2) is 54.9 Å². The lowest BCUT2D eigenvalue weighted by Gasteiger charge is -2.13. The Morgan fingerprint density at radius 1 is 1.03 bits per heavy atom. The molecule has 0 bridgehead atoms. The Kier molecular flexibility index (Phi) is 9.50. The van der Waals surface area contributed by atoms with Gasteiger partial charge < -0.3 is 15.4 Å². The van der Waals surface area contributed by atoms with Crippen molar-refractivity contribution < 1.29 is 18.9 Å². The SMILES string of the molecule is CSCC[C@@H](C)NC(=O)c1cc[n+](COC(=O)N[C@@H](C)Cc2ccccc2)cc1. The third-order valence-electron chi connectivity index (χ3n) is 4.38. The molecule has 0 spiro atoms. The molecule has 0 saturated heterocycles. The Balaban J connectivity index is 1.74. The number of nitrogens with zero attached hydrogens (tertiary/aromatic N) is 1. The van der Waals surface area contributed by atoms with Crippen molar-refractivity contribution in [3.05, 3.63) is 66.0 Å². The highest BCUT2D eigenvalue weighted by Crippen LogP contribution is 2.04. The molecule has 2 aromatic rings. The average Bonchev–Trinajstić information content (AvgIpc) is 2.71. The van der Waals surface area contributed by atoms with Crippen LogP contribution in [0.1, 0.15) is 36.2 Å². The van der Waals surface area contributed by atoms with Crippen LogP contribution >= 0.6 is 11.8 Å². The van der Waals surface area contributed by atoms with E-state index in [1.807, 2.05) is 44.2 Å². The van der Waals surface area contributed by atoms with Crippen LogP contribution in [0.2, 0.25) is 0 Å². The maximum absolute atomic E-state index is 12.2. The normalized spacial score (nSPS) is 12.7. The second-order valence-electron chi connectivity index (χ2n) is 7.05. The van der Waals surface area contributed by atoms with E-state index >= 15 is 0 Å². The van der Waals surface area contributed by atoms with Crippen LogP contribution in [-0.2, 0) is 17.9 Å². The lowest BCUT2D eigenvalue weighted by molar-refractivity contribution is -0.727. The molecule has 6 nitrogen and oxygen atoms in total. The Morgan fingerprint density at radius 2 is 1.72 bits per heavy atom. The molecular weight excluding hydrogens is 386 g/mol. The minimum Gasteiger partial charge on any atom is -0.388 e. The molecule has 1 heterocycles. The number of carbonyl (C=O) groups excluding carboxylic acids is 2. The van der Waals surface area contributed by atoms with E-state index in [0.717, 1.165) is 24.2 Å². The molecule has 2 rings (SSSR count). The number of pyridine rings is 1. The fourth-order valence-corrected chi connectivity index (χ4v) is 3.35. The summed E-state index contributed by atoms with van der Waals surface area (Å²) in [5, 5.41) is 5.81. The first-order valence-corrected chi connectivity index (χ1v) is 11.1. The maximum atomic E-state index is 12.2. The third-order valence-corrected chi connectivity index (χ3v) is 5.02. The standard InChI is InChI=1S/C22H29N3O3S/c1-17(11-14-29-3)23-21(26)20-9-12-25(13-10-20)16-28-22(27)24-18(2)15-19-7-5-4-6-8-19/h4-10,12-13,17-18H,11,14-16H2,1-3H3,(H-,23,24,26,27)/p+1/t17-,18+/m1/s1. The van der Waals surface area contributed by atoms with Crippen LogP contribution in [0.25, 0.3) is 0 Å². The highest BCUT2D eigenvalue weighted by Gasteiger charge is 2.13. The largest absolute Gasteiger partial charge is 0.412 e. The fraction of sp³-hybridized carbons (Fsp3) is 0.409. The van der Waals surface area contributed by atoms with Gasteiger partial charge in [0.15, 0.2) is 12.4 Å². The molecule has 2 N–H and O–H groups in total. The Bertz CT molecular complexity index is 769. The monoisotopic (exact) mass is 416 g/mol. The van der Waals surface area contributed by atoms with E-state index in [9.17, 15) is 9.59 Å². The van der Waals surface area contributed by atoms with Gasteiger partial charge in [-0.2, -0.15) is 16.3 Å². The van der Waals surface area contributed by atoms with Crippen LogP contribution < -0.4 is 15.2 Å². The van der Waals surface area contributed by atoms with Crippen molar-refractivity contribution >= 4 is 23.8 Å². The maximum Gasteiger partial charge on any atom is 0.412 e. The number of aromatic nitrogens is 1. The highest BCUT2D eigenvalue weighted by molar-refractivity contribution is 7.98. The van der Waals surface area contributed by atoms with Crippen molar-refractivity contribution in [3.63, 3.8) is 0 Å². The summed E-state index contributed by atoms with van der Waals surface area (Å²) in [6.45, 7) is 4.02. The fourth-order valence-electron chi connectivity index (χ4n) is 2.76. The van der Waals surface area contributed by atoms with Crippen molar-refractivity contribution in [1.82, 2.24) is 10.6 Å². The topological polar surface area (TPSA) is 71.3 Å². The molecule has 1 aromatic carbocycles. The van der Waals surface area contributed by atoms with Crippen molar-refractivity contribution in [2.75, 3.05) is 12.0 Å². The van der Waals surface area contributed by atoms with Gasteiger partial charge in [0, 0.05) is 24.2 Å². The first kappa shape index (κ1) is 22.7. The van der Waals surface area contributed by atoms with Crippen LogP contribution in [0, 0.1) is 0 Å². The summed E-state index contributed by atoms with van der Waals surface area (Å²) in [5.41, 5.74) is 1.74. The molecule has 7 heteroatoms. The minimum absolute atomic E-state index is 0.0333. The second-order valence-corrected chi connectivity index (χ2v) is 8.04. The van der Waals surface area contributed by atoms with Gasteiger partial charge in [0.05, 0.1) is 5.56 Å². The quantitative estimate of drug-likeness (QED) is 0.584. The summed E-state index contributed by atoms with van der Waals surface area (Å²) >= 11 is 1.77. The Hall–Kier alpha value is -2.54. The van der Waals surface area contributed by atoms with Crippen LogP contribution in [0.4, 0.5) is 4.79 Å². The molecule has 0 unspecified atom stereocenters. The first-order valence-electron chi connectivity index (χ1n) is 9.74. The number of hydrogen-bond donors (Lipinski definition) is 2. The number of alkyl carbamates (subject to hydrolysis) is 1. The summed E-state index contributed by atoms with van der Waals surface area (Å²) in [6, 6.07) is 13.5. The number of carbonyl (C=O) groups is 2. The molecule has 0 saturated carbocycles. The third kappa shape index (κ3) is 8.56. The van der Waals surface area contributed by atoms with Gasteiger partial charge >= 0.3 is 6.09 Å². The minimum atomic E-state index is -0.467. The van der Waals surface area contributed by atoms with Crippen molar-refractivity contribution in [1.29, 1.82) is 0 Å². The zero-order valence-corrected chi connectivity index (χ0v) is 18.1. The second kappa shape index (κ2) is 12.1. The van der Waals surface area contributed by atoms with Gasteiger partial charge in [-0.1, -0.05) is 30.3 Å². The molecule has 2 amide bonds. The molecule has 1 aromatic heterocycles. The smallest absolute Gasteiger partial charge is 0.388 e. The molecule has 2 atom stereocenters. The number of rotatable bonds is 10. The zero-order valence-electron chi connectivity index (χ0n) is 17.3. The van der Waals surface area contributed by atoms with E-state index in [4.69, 9.17) is 4.74 Å². The van der Waals surface area contributed by atoms with E-state index in [1.165, 1.54) is 0 Å². The van der Waals surface area contributed by atoms with Crippen molar-refractivity contribution in [2.24, 2.45) is 0 Å². The number of thioether (sulfide) groups is 1. The lowest BCUT2D eigenvalue weighted by atomic mass is 10.1. The van der Waals surface area contributed by atoms with Crippen LogP contribution in [0.5, 0.6) is 0 Å². The van der Waals surface area contributed by atoms with Crippen LogP contribution in [-0.4, -0.2) is 36.1 Å². The molecular formula is C22H30N3O3S+. The van der Waals surface area contributed by atoms with Crippen LogP contribution in [0.3, 0.4) is 0 Å². The number of hydrogen-bond acceptors (Lipinski definition) is 4. The average molecular weight is 417 g/mol. The van der Waals surface area contributed by atoms with E-state index in [0.29, 0.717) is 5.56 Å². The Morgan fingerprint density at radius 3 is 2.38 bits per heavy atom. The van der Waals surface area contributed by atoms with E-state index in [1.54, 1.807) is 40.9 Å². The summed E-state index contributed by atoms with van der Waals surface area (Å²) in [4.78, 5) is 24.2. The van der Waals surface area contributed by atoms with Gasteiger partial charge in [-0.3, -0.25) is 4.79 Å². The van der Waals surface area contributed by atoms with E-state index in [2.05, 4.69) is 16.9 Å². The van der Waals surface area contributed by atoms with Gasteiger partial charge in [-0.15, -0.1) is 0 Å². The molecule has 156 valence electrons. The van der Waals surface area contributed by atoms with Gasteiger partial charge in [-0.25, -0.2) is 4.79 Å².